The van der Waals surface area contributed by atoms with Gasteiger partial charge in [-0.25, -0.2) is 9.37 Å². The monoisotopic (exact) mass is 475 g/mol. The van der Waals surface area contributed by atoms with E-state index in [9.17, 15) is 9.18 Å². The van der Waals surface area contributed by atoms with Crippen molar-refractivity contribution >= 4 is 5.91 Å². The van der Waals surface area contributed by atoms with Crippen LogP contribution >= 0.6 is 0 Å². The van der Waals surface area contributed by atoms with Gasteiger partial charge in [0.1, 0.15) is 23.4 Å². The van der Waals surface area contributed by atoms with Gasteiger partial charge >= 0.3 is 0 Å². The van der Waals surface area contributed by atoms with Crippen molar-refractivity contribution in [2.75, 3.05) is 13.7 Å². The lowest BCUT2D eigenvalue weighted by atomic mass is 9.78. The molecular formula is C28H30FN3O3. The topological polar surface area (TPSA) is 73.3 Å². The molecule has 1 fully saturated rings. The molecule has 2 aromatic carbocycles. The van der Waals surface area contributed by atoms with Crippen molar-refractivity contribution in [3.63, 3.8) is 0 Å². The number of amides is 1. The van der Waals surface area contributed by atoms with Crippen LogP contribution in [-0.4, -0.2) is 35.6 Å². The lowest BCUT2D eigenvalue weighted by Crippen LogP contribution is -2.45. The van der Waals surface area contributed by atoms with E-state index in [1.807, 2.05) is 38.1 Å². The number of rotatable bonds is 6. The maximum Gasteiger partial charge on any atom is 0.230 e. The number of halogens is 1. The van der Waals surface area contributed by atoms with Gasteiger partial charge < -0.3 is 14.8 Å². The molecular weight excluding hydrogens is 445 g/mol. The number of hydrogen-bond acceptors (Lipinski definition) is 5. The number of aryl methyl sites for hydroxylation is 2. The van der Waals surface area contributed by atoms with Crippen LogP contribution < -0.4 is 14.8 Å². The van der Waals surface area contributed by atoms with Gasteiger partial charge in [-0.05, 0) is 56.5 Å². The van der Waals surface area contributed by atoms with E-state index in [0.29, 0.717) is 30.0 Å². The number of nitrogens with one attached hydrogen (secondary N) is 1. The van der Waals surface area contributed by atoms with E-state index in [0.717, 1.165) is 53.9 Å². The molecule has 2 aliphatic rings. The summed E-state index contributed by atoms with van der Waals surface area (Å²) in [7, 11) is 1.63. The van der Waals surface area contributed by atoms with Gasteiger partial charge in [0.15, 0.2) is 0 Å². The minimum atomic E-state index is -0.553. The molecule has 0 bridgehead atoms. The molecule has 1 aromatic heterocycles. The summed E-state index contributed by atoms with van der Waals surface area (Å²) >= 11 is 0. The summed E-state index contributed by atoms with van der Waals surface area (Å²) in [6.45, 7) is 4.06. The number of fused-ring (bicyclic) bond motifs is 1. The molecule has 1 N–H and O–H groups in total. The first-order valence-electron chi connectivity index (χ1n) is 12.1. The Morgan fingerprint density at radius 1 is 1.17 bits per heavy atom. The van der Waals surface area contributed by atoms with E-state index in [-0.39, 0.29) is 17.8 Å². The third-order valence-corrected chi connectivity index (χ3v) is 7.28. The minimum Gasteiger partial charge on any atom is -0.497 e. The van der Waals surface area contributed by atoms with Crippen molar-refractivity contribution in [1.29, 1.82) is 0 Å². The Morgan fingerprint density at radius 2 is 1.91 bits per heavy atom. The third-order valence-electron chi connectivity index (χ3n) is 7.28. The van der Waals surface area contributed by atoms with E-state index in [2.05, 4.69) is 15.3 Å². The Hall–Kier alpha value is -3.48. The smallest absolute Gasteiger partial charge is 0.230 e. The fourth-order valence-electron chi connectivity index (χ4n) is 5.37. The van der Waals surface area contributed by atoms with Crippen LogP contribution in [0.3, 0.4) is 0 Å². The highest BCUT2D eigenvalue weighted by Gasteiger charge is 2.43. The van der Waals surface area contributed by atoms with Crippen LogP contribution in [0.25, 0.3) is 11.3 Å². The number of nitrogens with zero attached hydrogens (tertiary/aromatic N) is 2. The molecule has 5 rings (SSSR count). The first-order chi connectivity index (χ1) is 16.9. The van der Waals surface area contributed by atoms with E-state index >= 15 is 0 Å². The zero-order chi connectivity index (χ0) is 24.6. The molecule has 0 spiro atoms. The maximum atomic E-state index is 14.7. The Kier molecular flexibility index (Phi) is 6.17. The van der Waals surface area contributed by atoms with Crippen molar-refractivity contribution in [1.82, 2.24) is 15.3 Å². The van der Waals surface area contributed by atoms with Crippen molar-refractivity contribution in [3.8, 4) is 22.8 Å². The Balaban J connectivity index is 1.34. The van der Waals surface area contributed by atoms with E-state index < -0.39 is 5.41 Å². The SMILES string of the molecule is COc1ccc(C2(C(=O)NC[C@@H]3Cc4c(F)ccc(-c5nc(C)cnc5C)c4O3)CCCC2)cc1. The van der Waals surface area contributed by atoms with Crippen LogP contribution in [-0.2, 0) is 16.6 Å². The maximum absolute atomic E-state index is 14.7. The lowest BCUT2D eigenvalue weighted by Gasteiger charge is -2.29. The number of ether oxygens (including phenoxy) is 2. The molecule has 1 aliphatic carbocycles. The second kappa shape index (κ2) is 9.29. The molecule has 2 heterocycles. The molecule has 6 nitrogen and oxygen atoms in total. The van der Waals surface area contributed by atoms with Gasteiger partial charge in [-0.2, -0.15) is 0 Å². The zero-order valence-corrected chi connectivity index (χ0v) is 20.4. The van der Waals surface area contributed by atoms with Gasteiger partial charge in [-0.15, -0.1) is 0 Å². The van der Waals surface area contributed by atoms with Crippen molar-refractivity contribution in [2.45, 2.75) is 57.5 Å². The van der Waals surface area contributed by atoms with Gasteiger partial charge in [-0.1, -0.05) is 25.0 Å². The number of methoxy groups -OCH3 is 1. The van der Waals surface area contributed by atoms with Gasteiger partial charge in [-0.3, -0.25) is 9.78 Å². The van der Waals surface area contributed by atoms with Gasteiger partial charge in [0.2, 0.25) is 5.91 Å². The highest BCUT2D eigenvalue weighted by Crippen LogP contribution is 2.43. The van der Waals surface area contributed by atoms with Crippen LogP contribution in [0.2, 0.25) is 0 Å². The predicted molar refractivity (Wildman–Crippen MR) is 131 cm³/mol. The molecule has 1 atom stereocenters. The third kappa shape index (κ3) is 4.24. The number of benzene rings is 2. The Labute approximate surface area is 204 Å². The number of hydrogen-bond donors (Lipinski definition) is 1. The van der Waals surface area contributed by atoms with Crippen LogP contribution in [0.4, 0.5) is 4.39 Å². The quantitative estimate of drug-likeness (QED) is 0.552. The molecule has 1 aliphatic heterocycles. The van der Waals surface area contributed by atoms with E-state index in [1.54, 1.807) is 19.4 Å². The zero-order valence-electron chi connectivity index (χ0n) is 20.4. The highest BCUT2D eigenvalue weighted by molar-refractivity contribution is 5.88. The van der Waals surface area contributed by atoms with Crippen LogP contribution in [0, 0.1) is 19.7 Å². The molecule has 3 aromatic rings. The molecule has 0 unspecified atom stereocenters. The Morgan fingerprint density at radius 3 is 2.63 bits per heavy atom. The van der Waals surface area contributed by atoms with Crippen molar-refractivity contribution in [3.05, 3.63) is 70.9 Å². The summed E-state index contributed by atoms with van der Waals surface area (Å²) < 4.78 is 26.2. The highest BCUT2D eigenvalue weighted by atomic mass is 19.1. The number of aromatic nitrogens is 2. The molecule has 182 valence electrons. The summed E-state index contributed by atoms with van der Waals surface area (Å²) in [4.78, 5) is 22.5. The second-order valence-corrected chi connectivity index (χ2v) is 9.52. The van der Waals surface area contributed by atoms with Crippen LogP contribution in [0.15, 0.2) is 42.6 Å². The van der Waals surface area contributed by atoms with E-state index in [4.69, 9.17) is 9.47 Å². The fraction of sp³-hybridized carbons (Fsp3) is 0.393. The Bertz CT molecular complexity index is 1250. The minimum absolute atomic E-state index is 0.000753. The first kappa shape index (κ1) is 23.3. The number of carbonyl (C=O) groups is 1. The van der Waals surface area contributed by atoms with Crippen LogP contribution in [0.1, 0.15) is 48.2 Å². The molecule has 1 amide bonds. The summed E-state index contributed by atoms with van der Waals surface area (Å²) in [6.07, 6.45) is 5.39. The average Bonchev–Trinajstić information content (AvgIpc) is 3.54. The fourth-order valence-corrected chi connectivity index (χ4v) is 5.37. The second-order valence-electron chi connectivity index (χ2n) is 9.52. The lowest BCUT2D eigenvalue weighted by molar-refractivity contribution is -0.127. The number of carbonyl (C=O) groups excluding carboxylic acids is 1. The molecule has 35 heavy (non-hydrogen) atoms. The molecule has 0 saturated heterocycles. The van der Waals surface area contributed by atoms with Crippen molar-refractivity contribution in [2.24, 2.45) is 0 Å². The van der Waals surface area contributed by atoms with Gasteiger partial charge in [0.05, 0.1) is 36.2 Å². The molecule has 0 radical (unpaired) electrons. The van der Waals surface area contributed by atoms with Gasteiger partial charge in [0.25, 0.3) is 0 Å². The predicted octanol–water partition coefficient (Wildman–Crippen LogP) is 4.84. The largest absolute Gasteiger partial charge is 0.497 e. The summed E-state index contributed by atoms with van der Waals surface area (Å²) in [5, 5.41) is 3.12. The summed E-state index contributed by atoms with van der Waals surface area (Å²) in [5.74, 6) is 0.964. The summed E-state index contributed by atoms with van der Waals surface area (Å²) in [6, 6.07) is 10.9. The van der Waals surface area contributed by atoms with E-state index in [1.165, 1.54) is 6.07 Å². The standard InChI is InChI=1S/C28H30FN3O3/c1-17-15-30-18(2)25(32-17)22-10-11-24(29)23-14-21(35-26(22)23)16-31-27(33)28(12-4-5-13-28)19-6-8-20(34-3)9-7-19/h6-11,15,21H,4-5,12-14,16H2,1-3H3,(H,31,33)/t21-/m0/s1. The van der Waals surface area contributed by atoms with Crippen molar-refractivity contribution < 1.29 is 18.7 Å². The molecule has 1 saturated carbocycles. The molecule has 7 heteroatoms. The normalized spacial score (nSPS) is 18.1. The first-order valence-corrected chi connectivity index (χ1v) is 12.1. The van der Waals surface area contributed by atoms with Gasteiger partial charge in [0, 0.05) is 23.7 Å². The average molecular weight is 476 g/mol. The van der Waals surface area contributed by atoms with Crippen LogP contribution in [0.5, 0.6) is 11.5 Å². The summed E-state index contributed by atoms with van der Waals surface area (Å²) in [5.41, 5.74) is 3.94.